The summed E-state index contributed by atoms with van der Waals surface area (Å²) in [6, 6.07) is 0. The van der Waals surface area contributed by atoms with E-state index in [1.54, 1.807) is 5.57 Å². The Morgan fingerprint density at radius 3 is 1.93 bits per heavy atom. The number of ether oxygens (including phenoxy) is 2. The molecule has 2 rings (SSSR count). The van der Waals surface area contributed by atoms with E-state index in [2.05, 4.69) is 51.1 Å². The number of rotatable bonds is 28. The van der Waals surface area contributed by atoms with E-state index in [0.717, 1.165) is 38.3 Å². The molecule has 1 aliphatic carbocycles. The molecule has 3 unspecified atom stereocenters. The lowest BCUT2D eigenvalue weighted by atomic mass is 9.98. The van der Waals surface area contributed by atoms with Crippen LogP contribution >= 0.6 is 0 Å². The second-order valence-corrected chi connectivity index (χ2v) is 13.3. The smallest absolute Gasteiger partial charge is 0.168 e. The number of unbranched alkanes of at least 4 members (excludes halogenated alkanes) is 16. The molecule has 234 valence electrons. The molecule has 40 heavy (non-hydrogen) atoms. The van der Waals surface area contributed by atoms with Gasteiger partial charge in [-0.2, -0.15) is 0 Å². The first kappa shape index (κ1) is 35.6. The molecule has 0 radical (unpaired) electrons. The monoisotopic (exact) mass is 560 g/mol. The summed E-state index contributed by atoms with van der Waals surface area (Å²) >= 11 is 0. The molecule has 0 amide bonds. The van der Waals surface area contributed by atoms with Gasteiger partial charge in [-0.1, -0.05) is 134 Å². The lowest BCUT2D eigenvalue weighted by Gasteiger charge is -2.29. The average molecular weight is 560 g/mol. The highest BCUT2D eigenvalue weighted by molar-refractivity contribution is 5.30. The molecule has 2 aliphatic rings. The fourth-order valence-electron chi connectivity index (χ4n) is 6.27. The van der Waals surface area contributed by atoms with Gasteiger partial charge in [0, 0.05) is 19.4 Å². The van der Waals surface area contributed by atoms with Crippen LogP contribution in [0.5, 0.6) is 0 Å². The van der Waals surface area contributed by atoms with E-state index in [4.69, 9.17) is 9.47 Å². The first-order valence-corrected chi connectivity index (χ1v) is 17.9. The molecule has 3 atom stereocenters. The van der Waals surface area contributed by atoms with Gasteiger partial charge in [0.05, 0.1) is 12.7 Å². The molecule has 0 N–H and O–H groups in total. The quantitative estimate of drug-likeness (QED) is 0.0703. The summed E-state index contributed by atoms with van der Waals surface area (Å²) in [6.45, 7) is 6.44. The van der Waals surface area contributed by atoms with E-state index < -0.39 is 0 Å². The molecule has 3 nitrogen and oxygen atoms in total. The van der Waals surface area contributed by atoms with Crippen LogP contribution in [0.4, 0.5) is 0 Å². The van der Waals surface area contributed by atoms with E-state index in [0.29, 0.717) is 0 Å². The van der Waals surface area contributed by atoms with Crippen molar-refractivity contribution in [1.29, 1.82) is 0 Å². The second-order valence-electron chi connectivity index (χ2n) is 13.3. The van der Waals surface area contributed by atoms with Gasteiger partial charge in [0.15, 0.2) is 5.79 Å². The standard InChI is InChI=1S/C37H69NO2/c1-5-7-9-11-13-14-15-16-20-24-29-37(39-33-36(40-37)28-31-38(3)4)30-25-21-17-19-23-27-35-32-34(35)26-22-18-12-10-8-6-2/h18,22,32,35-36H,5-17,19-21,23-31,33H2,1-4H3/b22-18-. The summed E-state index contributed by atoms with van der Waals surface area (Å²) in [6.07, 6.45) is 39.2. The highest BCUT2D eigenvalue weighted by atomic mass is 16.7. The normalized spacial score (nSPS) is 22.6. The minimum absolute atomic E-state index is 0.275. The Hall–Kier alpha value is -0.640. The van der Waals surface area contributed by atoms with Gasteiger partial charge in [-0.15, -0.1) is 0 Å². The minimum atomic E-state index is -0.298. The van der Waals surface area contributed by atoms with Crippen molar-refractivity contribution in [2.24, 2.45) is 5.92 Å². The van der Waals surface area contributed by atoms with Crippen molar-refractivity contribution >= 4 is 0 Å². The molecule has 0 bridgehead atoms. The third kappa shape index (κ3) is 17.3. The van der Waals surface area contributed by atoms with Crippen LogP contribution in [0.1, 0.15) is 168 Å². The Bertz CT molecular complexity index is 657. The predicted molar refractivity (Wildman–Crippen MR) is 175 cm³/mol. The molecule has 1 aliphatic heterocycles. The zero-order valence-corrected chi connectivity index (χ0v) is 27.5. The van der Waals surface area contributed by atoms with Crippen molar-refractivity contribution in [2.45, 2.75) is 180 Å². The van der Waals surface area contributed by atoms with E-state index >= 15 is 0 Å². The van der Waals surface area contributed by atoms with E-state index in [1.807, 2.05) is 0 Å². The van der Waals surface area contributed by atoms with Gasteiger partial charge in [-0.3, -0.25) is 0 Å². The first-order chi connectivity index (χ1) is 19.6. The average Bonchev–Trinajstić information content (AvgIpc) is 3.57. The van der Waals surface area contributed by atoms with Crippen LogP contribution in [0.3, 0.4) is 0 Å². The van der Waals surface area contributed by atoms with Crippen molar-refractivity contribution in [3.05, 3.63) is 23.8 Å². The summed E-state index contributed by atoms with van der Waals surface area (Å²) in [5.74, 6) is 0.526. The molecule has 0 aromatic carbocycles. The van der Waals surface area contributed by atoms with Crippen LogP contribution < -0.4 is 0 Å². The number of hydrogen-bond donors (Lipinski definition) is 0. The molecule has 0 saturated carbocycles. The fraction of sp³-hybridized carbons (Fsp3) is 0.892. The molecule has 0 aromatic heterocycles. The Kier molecular flexibility index (Phi) is 20.4. The molecule has 1 fully saturated rings. The van der Waals surface area contributed by atoms with Crippen LogP contribution in [0.25, 0.3) is 0 Å². The molecule has 1 heterocycles. The largest absolute Gasteiger partial charge is 0.347 e. The van der Waals surface area contributed by atoms with Crippen LogP contribution in [0.15, 0.2) is 23.8 Å². The molecule has 0 aromatic rings. The Balaban J connectivity index is 1.54. The maximum absolute atomic E-state index is 6.66. The lowest BCUT2D eigenvalue weighted by Crippen LogP contribution is -2.31. The lowest BCUT2D eigenvalue weighted by molar-refractivity contribution is -0.180. The zero-order valence-electron chi connectivity index (χ0n) is 27.5. The second kappa shape index (κ2) is 22.9. The zero-order chi connectivity index (χ0) is 28.7. The summed E-state index contributed by atoms with van der Waals surface area (Å²) < 4.78 is 13.1. The SMILES string of the molecule is CCCCC/C=C\CC1=CC1CCCCCCCC1(CCCCCCCCCCCC)OCC(CCN(C)C)O1. The maximum Gasteiger partial charge on any atom is 0.168 e. The van der Waals surface area contributed by atoms with Crippen molar-refractivity contribution in [3.8, 4) is 0 Å². The third-order valence-corrected chi connectivity index (χ3v) is 9.07. The van der Waals surface area contributed by atoms with Gasteiger partial charge in [0.25, 0.3) is 0 Å². The predicted octanol–water partition coefficient (Wildman–Crippen LogP) is 11.2. The molecular formula is C37H69NO2. The Morgan fingerprint density at radius 2 is 1.30 bits per heavy atom. The van der Waals surface area contributed by atoms with Crippen LogP contribution in [-0.4, -0.2) is 44.0 Å². The van der Waals surface area contributed by atoms with E-state index in [1.165, 1.54) is 135 Å². The van der Waals surface area contributed by atoms with Gasteiger partial charge in [-0.25, -0.2) is 0 Å². The van der Waals surface area contributed by atoms with Crippen LogP contribution in [-0.2, 0) is 9.47 Å². The molecule has 1 saturated heterocycles. The van der Waals surface area contributed by atoms with Crippen LogP contribution in [0, 0.1) is 5.92 Å². The van der Waals surface area contributed by atoms with E-state index in [9.17, 15) is 0 Å². The first-order valence-electron chi connectivity index (χ1n) is 17.9. The summed E-state index contributed by atoms with van der Waals surface area (Å²) in [4.78, 5) is 2.26. The topological polar surface area (TPSA) is 21.7 Å². The van der Waals surface area contributed by atoms with Crippen molar-refractivity contribution in [3.63, 3.8) is 0 Å². The Morgan fingerprint density at radius 1 is 0.725 bits per heavy atom. The summed E-state index contributed by atoms with van der Waals surface area (Å²) in [5, 5.41) is 0. The van der Waals surface area contributed by atoms with Gasteiger partial charge in [0.1, 0.15) is 0 Å². The number of allylic oxidation sites excluding steroid dienone is 4. The molecule has 3 heteroatoms. The molecular weight excluding hydrogens is 490 g/mol. The minimum Gasteiger partial charge on any atom is -0.347 e. The van der Waals surface area contributed by atoms with Crippen molar-refractivity contribution in [2.75, 3.05) is 27.2 Å². The molecule has 0 spiro atoms. The maximum atomic E-state index is 6.66. The number of hydrogen-bond acceptors (Lipinski definition) is 3. The van der Waals surface area contributed by atoms with Crippen LogP contribution in [0.2, 0.25) is 0 Å². The van der Waals surface area contributed by atoms with E-state index in [-0.39, 0.29) is 11.9 Å². The Labute approximate surface area is 250 Å². The van der Waals surface area contributed by atoms with Gasteiger partial charge in [-0.05, 0) is 65.0 Å². The number of nitrogens with zero attached hydrogens (tertiary/aromatic N) is 1. The summed E-state index contributed by atoms with van der Waals surface area (Å²) in [7, 11) is 4.30. The van der Waals surface area contributed by atoms with Crippen molar-refractivity contribution < 1.29 is 9.47 Å². The van der Waals surface area contributed by atoms with Gasteiger partial charge < -0.3 is 14.4 Å². The summed E-state index contributed by atoms with van der Waals surface area (Å²) in [5.41, 5.74) is 1.69. The van der Waals surface area contributed by atoms with Crippen molar-refractivity contribution in [1.82, 2.24) is 4.90 Å². The highest BCUT2D eigenvalue weighted by Crippen LogP contribution is 2.37. The van der Waals surface area contributed by atoms with Gasteiger partial charge >= 0.3 is 0 Å². The van der Waals surface area contributed by atoms with Gasteiger partial charge in [0.2, 0.25) is 0 Å². The third-order valence-electron chi connectivity index (χ3n) is 9.07. The highest BCUT2D eigenvalue weighted by Gasteiger charge is 2.40. The fourth-order valence-corrected chi connectivity index (χ4v) is 6.27.